The third-order valence-electron chi connectivity index (χ3n) is 2.77. The SMILES string of the molecule is Nc1ccc(F)c(C(=O)OC2CCOCC2)c1F. The van der Waals surface area contributed by atoms with Gasteiger partial charge in [-0.25, -0.2) is 13.6 Å². The number of rotatable bonds is 2. The number of nitrogen functional groups attached to an aromatic ring is 1. The average Bonchev–Trinajstić information content (AvgIpc) is 2.36. The van der Waals surface area contributed by atoms with E-state index in [4.69, 9.17) is 15.2 Å². The highest BCUT2D eigenvalue weighted by Gasteiger charge is 2.25. The van der Waals surface area contributed by atoms with E-state index in [1.165, 1.54) is 0 Å². The van der Waals surface area contributed by atoms with Crippen molar-refractivity contribution in [2.45, 2.75) is 18.9 Å². The third kappa shape index (κ3) is 2.59. The van der Waals surface area contributed by atoms with Gasteiger partial charge in [0.25, 0.3) is 0 Å². The van der Waals surface area contributed by atoms with Gasteiger partial charge in [-0.2, -0.15) is 0 Å². The van der Waals surface area contributed by atoms with Crippen molar-refractivity contribution in [3.8, 4) is 0 Å². The van der Waals surface area contributed by atoms with Crippen molar-refractivity contribution in [3.63, 3.8) is 0 Å². The number of esters is 1. The van der Waals surface area contributed by atoms with E-state index >= 15 is 0 Å². The zero-order valence-corrected chi connectivity index (χ0v) is 9.62. The Morgan fingerprint density at radius 2 is 2.00 bits per heavy atom. The number of hydrogen-bond acceptors (Lipinski definition) is 4. The standard InChI is InChI=1S/C12H13F2NO3/c13-8-1-2-9(15)11(14)10(8)12(16)18-7-3-5-17-6-4-7/h1-2,7H,3-6,15H2. The quantitative estimate of drug-likeness (QED) is 0.649. The van der Waals surface area contributed by atoms with Gasteiger partial charge in [0.2, 0.25) is 0 Å². The lowest BCUT2D eigenvalue weighted by Crippen LogP contribution is -2.27. The van der Waals surface area contributed by atoms with E-state index in [-0.39, 0.29) is 11.8 Å². The topological polar surface area (TPSA) is 61.6 Å². The summed E-state index contributed by atoms with van der Waals surface area (Å²) in [5, 5.41) is 0. The van der Waals surface area contributed by atoms with E-state index in [1.54, 1.807) is 0 Å². The first kappa shape index (κ1) is 12.8. The molecule has 0 radical (unpaired) electrons. The summed E-state index contributed by atoms with van der Waals surface area (Å²) in [6.07, 6.45) is 0.681. The maximum absolute atomic E-state index is 13.6. The van der Waals surface area contributed by atoms with Crippen LogP contribution in [0.4, 0.5) is 14.5 Å². The summed E-state index contributed by atoms with van der Waals surface area (Å²) in [6.45, 7) is 0.944. The fraction of sp³-hybridized carbons (Fsp3) is 0.417. The summed E-state index contributed by atoms with van der Waals surface area (Å²) < 4.78 is 37.1. The van der Waals surface area contributed by atoms with E-state index in [1.807, 2.05) is 0 Å². The molecule has 1 aliphatic rings. The normalized spacial score (nSPS) is 16.6. The molecule has 4 nitrogen and oxygen atoms in total. The van der Waals surface area contributed by atoms with Crippen LogP contribution in [0.15, 0.2) is 12.1 Å². The Morgan fingerprint density at radius 1 is 1.33 bits per heavy atom. The highest BCUT2D eigenvalue weighted by atomic mass is 19.1. The molecule has 2 rings (SSSR count). The highest BCUT2D eigenvalue weighted by Crippen LogP contribution is 2.21. The summed E-state index contributed by atoms with van der Waals surface area (Å²) in [7, 11) is 0. The van der Waals surface area contributed by atoms with Gasteiger partial charge in [-0.15, -0.1) is 0 Å². The van der Waals surface area contributed by atoms with Gasteiger partial charge in [0.1, 0.15) is 17.5 Å². The van der Waals surface area contributed by atoms with Gasteiger partial charge in [0.05, 0.1) is 18.9 Å². The number of benzene rings is 1. The second-order valence-corrected chi connectivity index (χ2v) is 4.04. The molecule has 0 unspecified atom stereocenters. The molecule has 0 aliphatic carbocycles. The molecule has 1 aromatic rings. The lowest BCUT2D eigenvalue weighted by molar-refractivity contribution is -0.0165. The first-order valence-electron chi connectivity index (χ1n) is 5.62. The summed E-state index contributed by atoms with van der Waals surface area (Å²) in [5.74, 6) is -3.07. The number of ether oxygens (including phenoxy) is 2. The van der Waals surface area contributed by atoms with Crippen molar-refractivity contribution < 1.29 is 23.0 Å². The Morgan fingerprint density at radius 3 is 2.67 bits per heavy atom. The first-order chi connectivity index (χ1) is 8.59. The molecule has 0 spiro atoms. The number of anilines is 1. The van der Waals surface area contributed by atoms with Crippen molar-refractivity contribution >= 4 is 11.7 Å². The lowest BCUT2D eigenvalue weighted by atomic mass is 10.1. The molecule has 1 fully saturated rings. The minimum absolute atomic E-state index is 0.282. The van der Waals surface area contributed by atoms with Crippen LogP contribution >= 0.6 is 0 Å². The number of halogens is 2. The molecule has 1 heterocycles. The van der Waals surface area contributed by atoms with Crippen LogP contribution < -0.4 is 5.73 Å². The summed E-state index contributed by atoms with van der Waals surface area (Å²) in [5.41, 5.74) is 4.27. The second kappa shape index (κ2) is 5.30. The van der Waals surface area contributed by atoms with E-state index in [0.29, 0.717) is 26.1 Å². The molecule has 1 saturated heterocycles. The van der Waals surface area contributed by atoms with E-state index in [9.17, 15) is 13.6 Å². The van der Waals surface area contributed by atoms with Gasteiger partial charge in [-0.3, -0.25) is 0 Å². The summed E-state index contributed by atoms with van der Waals surface area (Å²) in [6, 6.07) is 2.01. The van der Waals surface area contributed by atoms with Crippen molar-refractivity contribution in [1.29, 1.82) is 0 Å². The molecule has 1 aromatic carbocycles. The van der Waals surface area contributed by atoms with Gasteiger partial charge in [0, 0.05) is 12.8 Å². The predicted octanol–water partition coefficient (Wildman–Crippen LogP) is 1.88. The fourth-order valence-electron chi connectivity index (χ4n) is 1.76. The minimum atomic E-state index is -1.08. The van der Waals surface area contributed by atoms with Crippen LogP contribution in [0.2, 0.25) is 0 Å². The molecule has 0 atom stereocenters. The Labute approximate surface area is 103 Å². The van der Waals surface area contributed by atoms with Gasteiger partial charge in [0.15, 0.2) is 5.82 Å². The smallest absolute Gasteiger partial charge is 0.344 e. The van der Waals surface area contributed by atoms with Crippen LogP contribution in [-0.4, -0.2) is 25.3 Å². The molecule has 0 bridgehead atoms. The Bertz CT molecular complexity index is 459. The number of carbonyl (C=O) groups is 1. The van der Waals surface area contributed by atoms with Crippen LogP contribution in [0.3, 0.4) is 0 Å². The van der Waals surface area contributed by atoms with Crippen molar-refractivity contribution in [3.05, 3.63) is 29.3 Å². The highest BCUT2D eigenvalue weighted by molar-refractivity contribution is 5.91. The number of nitrogens with two attached hydrogens (primary N) is 1. The molecular formula is C12H13F2NO3. The predicted molar refractivity (Wildman–Crippen MR) is 60.0 cm³/mol. The van der Waals surface area contributed by atoms with Gasteiger partial charge >= 0.3 is 5.97 Å². The van der Waals surface area contributed by atoms with E-state index < -0.39 is 23.2 Å². The number of hydrogen-bond donors (Lipinski definition) is 1. The van der Waals surface area contributed by atoms with Crippen molar-refractivity contribution in [1.82, 2.24) is 0 Å². The zero-order chi connectivity index (χ0) is 13.1. The van der Waals surface area contributed by atoms with Crippen LogP contribution in [0.1, 0.15) is 23.2 Å². The molecule has 98 valence electrons. The Balaban J connectivity index is 2.15. The molecule has 0 saturated carbocycles. The molecule has 0 aromatic heterocycles. The maximum Gasteiger partial charge on any atom is 0.344 e. The molecule has 2 N–H and O–H groups in total. The maximum atomic E-state index is 13.6. The third-order valence-corrected chi connectivity index (χ3v) is 2.77. The second-order valence-electron chi connectivity index (χ2n) is 4.04. The van der Waals surface area contributed by atoms with E-state index in [0.717, 1.165) is 12.1 Å². The fourth-order valence-corrected chi connectivity index (χ4v) is 1.76. The van der Waals surface area contributed by atoms with Gasteiger partial charge in [-0.05, 0) is 12.1 Å². The zero-order valence-electron chi connectivity index (χ0n) is 9.62. The summed E-state index contributed by atoms with van der Waals surface area (Å²) in [4.78, 5) is 11.7. The molecular weight excluding hydrogens is 244 g/mol. The molecule has 18 heavy (non-hydrogen) atoms. The average molecular weight is 257 g/mol. The summed E-state index contributed by atoms with van der Waals surface area (Å²) >= 11 is 0. The van der Waals surface area contributed by atoms with E-state index in [2.05, 4.69) is 0 Å². The first-order valence-corrected chi connectivity index (χ1v) is 5.62. The van der Waals surface area contributed by atoms with Gasteiger partial charge in [-0.1, -0.05) is 0 Å². The Kier molecular flexibility index (Phi) is 3.76. The monoisotopic (exact) mass is 257 g/mol. The van der Waals surface area contributed by atoms with Crippen LogP contribution in [0.25, 0.3) is 0 Å². The van der Waals surface area contributed by atoms with Crippen LogP contribution in [0, 0.1) is 11.6 Å². The van der Waals surface area contributed by atoms with Crippen LogP contribution in [0.5, 0.6) is 0 Å². The van der Waals surface area contributed by atoms with Crippen LogP contribution in [-0.2, 0) is 9.47 Å². The van der Waals surface area contributed by atoms with Gasteiger partial charge < -0.3 is 15.2 Å². The Hall–Kier alpha value is -1.69. The largest absolute Gasteiger partial charge is 0.458 e. The lowest BCUT2D eigenvalue weighted by Gasteiger charge is -2.22. The molecule has 6 heteroatoms. The number of carbonyl (C=O) groups excluding carboxylic acids is 1. The molecule has 1 aliphatic heterocycles. The minimum Gasteiger partial charge on any atom is -0.458 e. The molecule has 0 amide bonds. The van der Waals surface area contributed by atoms with Crippen molar-refractivity contribution in [2.75, 3.05) is 18.9 Å². The van der Waals surface area contributed by atoms with Crippen molar-refractivity contribution in [2.24, 2.45) is 0 Å².